The molecule has 2 aromatic heterocycles. The van der Waals surface area contributed by atoms with Gasteiger partial charge in [-0.05, 0) is 25.0 Å². The molecule has 8 nitrogen and oxygen atoms in total. The van der Waals surface area contributed by atoms with Crippen molar-refractivity contribution in [1.29, 1.82) is 0 Å². The molecule has 3 heterocycles. The van der Waals surface area contributed by atoms with Crippen LogP contribution in [0, 0.1) is 0 Å². The number of aromatic amines is 1. The minimum atomic E-state index is 0.0949. The van der Waals surface area contributed by atoms with Gasteiger partial charge in [-0.15, -0.1) is 0 Å². The summed E-state index contributed by atoms with van der Waals surface area (Å²) in [6, 6.07) is 9.87. The van der Waals surface area contributed by atoms with Gasteiger partial charge in [0.2, 0.25) is 5.95 Å². The first-order chi connectivity index (χ1) is 12.2. The van der Waals surface area contributed by atoms with Crippen molar-refractivity contribution in [2.45, 2.75) is 25.4 Å². The van der Waals surface area contributed by atoms with Crippen LogP contribution < -0.4 is 16.0 Å². The normalized spacial score (nSPS) is 17.3. The Labute approximate surface area is 145 Å². The molecule has 0 spiro atoms. The minimum absolute atomic E-state index is 0.0949. The average Bonchev–Trinajstić information content (AvgIpc) is 3.25. The molecule has 25 heavy (non-hydrogen) atoms. The van der Waals surface area contributed by atoms with Crippen LogP contribution in [0.5, 0.6) is 0 Å². The van der Waals surface area contributed by atoms with E-state index >= 15 is 0 Å². The Hall–Kier alpha value is -2.87. The number of aliphatic hydroxyl groups excluding tert-OH is 1. The van der Waals surface area contributed by atoms with Gasteiger partial charge in [0.25, 0.3) is 0 Å². The number of nitrogens with zero attached hydrogens (tertiary/aromatic N) is 4. The Morgan fingerprint density at radius 1 is 1.28 bits per heavy atom. The topological polar surface area (TPSA) is 116 Å². The van der Waals surface area contributed by atoms with Crippen molar-refractivity contribution in [3.8, 4) is 0 Å². The summed E-state index contributed by atoms with van der Waals surface area (Å²) in [5.41, 5.74) is 7.81. The van der Waals surface area contributed by atoms with Crippen LogP contribution >= 0.6 is 0 Å². The van der Waals surface area contributed by atoms with Gasteiger partial charge < -0.3 is 26.0 Å². The van der Waals surface area contributed by atoms with Gasteiger partial charge in [-0.2, -0.15) is 9.97 Å². The first kappa shape index (κ1) is 15.6. The molecule has 1 saturated heterocycles. The number of nitrogens with two attached hydrogens (primary N) is 1. The van der Waals surface area contributed by atoms with Crippen LogP contribution in [-0.2, 0) is 6.54 Å². The van der Waals surface area contributed by atoms with Crippen molar-refractivity contribution in [2.24, 2.45) is 0 Å². The molecule has 1 aliphatic heterocycles. The fourth-order valence-electron chi connectivity index (χ4n) is 3.28. The van der Waals surface area contributed by atoms with Gasteiger partial charge in [0, 0.05) is 12.6 Å². The van der Waals surface area contributed by atoms with E-state index in [1.807, 2.05) is 30.3 Å². The zero-order valence-electron chi connectivity index (χ0n) is 13.8. The lowest BCUT2D eigenvalue weighted by Crippen LogP contribution is -2.33. The number of hydrogen-bond acceptors (Lipinski definition) is 7. The molecule has 0 bridgehead atoms. The molecular formula is C17H21N7O. The van der Waals surface area contributed by atoms with Crippen LogP contribution in [0.25, 0.3) is 11.0 Å². The molecule has 5 N–H and O–H groups in total. The van der Waals surface area contributed by atoms with Crippen molar-refractivity contribution in [1.82, 2.24) is 19.9 Å². The van der Waals surface area contributed by atoms with Crippen LogP contribution in [0.4, 0.5) is 17.6 Å². The Kier molecular flexibility index (Phi) is 4.10. The minimum Gasteiger partial charge on any atom is -0.394 e. The van der Waals surface area contributed by atoms with E-state index in [1.165, 1.54) is 0 Å². The number of nitrogen functional groups attached to an aromatic ring is 1. The van der Waals surface area contributed by atoms with E-state index in [0.29, 0.717) is 12.4 Å². The molecule has 1 unspecified atom stereocenters. The third-order valence-corrected chi connectivity index (χ3v) is 4.49. The van der Waals surface area contributed by atoms with E-state index in [9.17, 15) is 5.11 Å². The lowest BCUT2D eigenvalue weighted by molar-refractivity contribution is 0.266. The first-order valence-electron chi connectivity index (χ1n) is 8.42. The maximum absolute atomic E-state index is 9.51. The number of H-pyrrole nitrogens is 1. The quantitative estimate of drug-likeness (QED) is 0.557. The second-order valence-corrected chi connectivity index (χ2v) is 6.20. The number of imidazole rings is 1. The van der Waals surface area contributed by atoms with Gasteiger partial charge in [0.15, 0.2) is 0 Å². The maximum atomic E-state index is 9.51. The van der Waals surface area contributed by atoms with Gasteiger partial charge >= 0.3 is 0 Å². The van der Waals surface area contributed by atoms with Gasteiger partial charge in [-0.1, -0.05) is 12.1 Å². The maximum Gasteiger partial charge on any atom is 0.223 e. The molecule has 3 aromatic rings. The standard InChI is InChI=1S/C17H21N7O/c18-17-22-14(8-16(23-17)24-7-3-4-11(24)10-25)19-9-15-20-12-5-1-2-6-13(12)21-15/h1-2,5-6,8,11,25H,3-4,7,9-10H2,(H,20,21)(H3,18,19,22,23). The average molecular weight is 339 g/mol. The molecule has 1 atom stereocenters. The summed E-state index contributed by atoms with van der Waals surface area (Å²) in [4.78, 5) is 18.5. The number of para-hydroxylation sites is 2. The van der Waals surface area contributed by atoms with Gasteiger partial charge in [0.1, 0.15) is 17.5 Å². The van der Waals surface area contributed by atoms with Crippen LogP contribution in [0.2, 0.25) is 0 Å². The van der Waals surface area contributed by atoms with E-state index < -0.39 is 0 Å². The Bertz CT molecular complexity index is 845. The van der Waals surface area contributed by atoms with Crippen LogP contribution in [0.1, 0.15) is 18.7 Å². The molecule has 0 aliphatic carbocycles. The number of aromatic nitrogens is 4. The first-order valence-corrected chi connectivity index (χ1v) is 8.42. The SMILES string of the molecule is Nc1nc(NCc2nc3ccccc3[nH]2)cc(N2CCCC2CO)n1. The number of benzene rings is 1. The third kappa shape index (κ3) is 3.20. The van der Waals surface area contributed by atoms with E-state index in [1.54, 1.807) is 0 Å². The largest absolute Gasteiger partial charge is 0.394 e. The lowest BCUT2D eigenvalue weighted by atomic mass is 10.2. The fraction of sp³-hybridized carbons (Fsp3) is 0.353. The highest BCUT2D eigenvalue weighted by Gasteiger charge is 2.25. The van der Waals surface area contributed by atoms with Crippen LogP contribution in [0.3, 0.4) is 0 Å². The Morgan fingerprint density at radius 2 is 2.16 bits per heavy atom. The molecule has 0 saturated carbocycles. The van der Waals surface area contributed by atoms with Crippen molar-refractivity contribution in [3.63, 3.8) is 0 Å². The lowest BCUT2D eigenvalue weighted by Gasteiger charge is -2.24. The summed E-state index contributed by atoms with van der Waals surface area (Å²) in [5, 5.41) is 12.8. The number of rotatable bonds is 5. The summed E-state index contributed by atoms with van der Waals surface area (Å²) in [6.07, 6.45) is 2.00. The zero-order chi connectivity index (χ0) is 17.2. The molecule has 1 aliphatic rings. The van der Waals surface area contributed by atoms with E-state index in [0.717, 1.165) is 42.1 Å². The monoisotopic (exact) mass is 339 g/mol. The smallest absolute Gasteiger partial charge is 0.223 e. The molecule has 1 fully saturated rings. The van der Waals surface area contributed by atoms with Crippen molar-refractivity contribution >= 4 is 28.6 Å². The molecule has 130 valence electrons. The molecule has 8 heteroatoms. The van der Waals surface area contributed by atoms with Crippen LogP contribution in [-0.4, -0.2) is 44.2 Å². The second-order valence-electron chi connectivity index (χ2n) is 6.20. The molecule has 4 rings (SSSR count). The molecule has 0 radical (unpaired) electrons. The molecular weight excluding hydrogens is 318 g/mol. The van der Waals surface area contributed by atoms with Gasteiger partial charge in [-0.3, -0.25) is 0 Å². The van der Waals surface area contributed by atoms with E-state index in [2.05, 4.69) is 30.2 Å². The highest BCUT2D eigenvalue weighted by molar-refractivity contribution is 5.74. The van der Waals surface area contributed by atoms with E-state index in [-0.39, 0.29) is 18.6 Å². The number of fused-ring (bicyclic) bond motifs is 1. The number of anilines is 3. The highest BCUT2D eigenvalue weighted by atomic mass is 16.3. The fourth-order valence-corrected chi connectivity index (χ4v) is 3.28. The highest BCUT2D eigenvalue weighted by Crippen LogP contribution is 2.26. The van der Waals surface area contributed by atoms with Gasteiger partial charge in [0.05, 0.1) is 30.2 Å². The zero-order valence-corrected chi connectivity index (χ0v) is 13.8. The second kappa shape index (κ2) is 6.56. The summed E-state index contributed by atoms with van der Waals surface area (Å²) in [7, 11) is 0. The molecule has 0 amide bonds. The number of hydrogen-bond donors (Lipinski definition) is 4. The predicted octanol–water partition coefficient (Wildman–Crippen LogP) is 1.51. The summed E-state index contributed by atoms with van der Waals surface area (Å²) in [5.74, 6) is 2.44. The summed E-state index contributed by atoms with van der Waals surface area (Å²) < 4.78 is 0. The summed E-state index contributed by atoms with van der Waals surface area (Å²) in [6.45, 7) is 1.49. The summed E-state index contributed by atoms with van der Waals surface area (Å²) >= 11 is 0. The molecule has 1 aromatic carbocycles. The van der Waals surface area contributed by atoms with Crippen molar-refractivity contribution < 1.29 is 5.11 Å². The van der Waals surface area contributed by atoms with Crippen molar-refractivity contribution in [3.05, 3.63) is 36.2 Å². The van der Waals surface area contributed by atoms with E-state index in [4.69, 9.17) is 5.73 Å². The van der Waals surface area contributed by atoms with Crippen LogP contribution in [0.15, 0.2) is 30.3 Å². The Balaban J connectivity index is 1.52. The van der Waals surface area contributed by atoms with Gasteiger partial charge in [-0.25, -0.2) is 4.98 Å². The third-order valence-electron chi connectivity index (χ3n) is 4.49. The van der Waals surface area contributed by atoms with Crippen molar-refractivity contribution in [2.75, 3.05) is 29.1 Å². The predicted molar refractivity (Wildman–Crippen MR) is 97.3 cm³/mol. The number of aliphatic hydroxyl groups is 1. The number of nitrogens with one attached hydrogen (secondary N) is 2. The Morgan fingerprint density at radius 3 is 3.00 bits per heavy atom.